The molecule has 2 aromatic heterocycles. The van der Waals surface area contributed by atoms with Crippen LogP contribution in [0.1, 0.15) is 45.2 Å². The average molecular weight is 459 g/mol. The number of piperazine rings is 1. The second-order valence-electron chi connectivity index (χ2n) is 8.03. The number of fused-ring (bicyclic) bond motifs is 2. The number of rotatable bonds is 6. The van der Waals surface area contributed by atoms with E-state index < -0.39 is 0 Å². The van der Waals surface area contributed by atoms with Gasteiger partial charge in [0.05, 0.1) is 7.11 Å². The number of hydrogen-bond donors (Lipinski definition) is 1. The second-order valence-corrected chi connectivity index (χ2v) is 8.03. The molecule has 5 heterocycles. The molecule has 34 heavy (non-hydrogen) atoms. The van der Waals surface area contributed by atoms with Crippen molar-refractivity contribution in [3.8, 4) is 5.88 Å². The molecule has 3 aliphatic rings. The van der Waals surface area contributed by atoms with Crippen molar-refractivity contribution in [3.63, 3.8) is 0 Å². The lowest BCUT2D eigenvalue weighted by atomic mass is 9.87. The van der Waals surface area contributed by atoms with E-state index in [4.69, 9.17) is 23.3 Å². The third kappa shape index (κ3) is 6.09. The van der Waals surface area contributed by atoms with E-state index >= 15 is 0 Å². The van der Waals surface area contributed by atoms with Crippen LogP contribution in [0.25, 0.3) is 5.57 Å². The van der Waals surface area contributed by atoms with Crippen LogP contribution in [0, 0.1) is 0 Å². The lowest BCUT2D eigenvalue weighted by molar-refractivity contribution is -0.00877. The Bertz CT molecular complexity index is 956. The molecule has 3 saturated heterocycles. The van der Waals surface area contributed by atoms with Gasteiger partial charge in [-0.2, -0.15) is 0 Å². The van der Waals surface area contributed by atoms with Crippen LogP contribution in [0.15, 0.2) is 67.1 Å². The summed E-state index contributed by atoms with van der Waals surface area (Å²) in [5.74, 6) is 1.67. The molecule has 0 aliphatic carbocycles. The topological polar surface area (TPSA) is 67.5 Å². The van der Waals surface area contributed by atoms with Crippen molar-refractivity contribution in [2.24, 2.45) is 5.73 Å². The SMILES string of the molecule is C=C.CC.[B]/C(C)=C(N)\C(=C/C)c1ccc(N2CC3CC(C2)N3Cc2ccc(OC)nc2)nc1. The molecular formula is C27H38BN5O. The Kier molecular flexibility index (Phi) is 10.4. The van der Waals surface area contributed by atoms with Crippen molar-refractivity contribution in [2.45, 2.75) is 52.7 Å². The summed E-state index contributed by atoms with van der Waals surface area (Å²) in [5, 5.41) is 0. The van der Waals surface area contributed by atoms with Gasteiger partial charge in [-0.15, -0.1) is 13.2 Å². The van der Waals surface area contributed by atoms with Gasteiger partial charge in [-0.05, 0) is 31.0 Å². The number of anilines is 1. The first-order valence-corrected chi connectivity index (χ1v) is 11.8. The minimum Gasteiger partial charge on any atom is -0.481 e. The van der Waals surface area contributed by atoms with Crippen LogP contribution < -0.4 is 15.4 Å². The van der Waals surface area contributed by atoms with Crippen molar-refractivity contribution in [1.82, 2.24) is 14.9 Å². The Morgan fingerprint density at radius 3 is 2.29 bits per heavy atom. The summed E-state index contributed by atoms with van der Waals surface area (Å²) in [6, 6.07) is 9.29. The molecule has 3 fully saturated rings. The molecule has 0 spiro atoms. The zero-order valence-electron chi connectivity index (χ0n) is 21.3. The van der Waals surface area contributed by atoms with E-state index in [1.54, 1.807) is 7.11 Å². The largest absolute Gasteiger partial charge is 0.481 e. The van der Waals surface area contributed by atoms with E-state index in [1.165, 1.54) is 12.0 Å². The molecule has 0 amide bonds. The maximum Gasteiger partial charge on any atom is 0.212 e. The van der Waals surface area contributed by atoms with Gasteiger partial charge in [0, 0.05) is 67.0 Å². The zero-order valence-corrected chi connectivity index (χ0v) is 21.3. The first-order chi connectivity index (χ1) is 16.5. The van der Waals surface area contributed by atoms with Crippen LogP contribution in [-0.4, -0.2) is 55.0 Å². The fraction of sp³-hybridized carbons (Fsp3) is 0.407. The number of hydrogen-bond acceptors (Lipinski definition) is 6. The third-order valence-corrected chi connectivity index (χ3v) is 6.10. The highest BCUT2D eigenvalue weighted by atomic mass is 16.5. The fourth-order valence-electron chi connectivity index (χ4n) is 4.39. The molecule has 3 aliphatic heterocycles. The summed E-state index contributed by atoms with van der Waals surface area (Å²) < 4.78 is 5.15. The van der Waals surface area contributed by atoms with E-state index in [0.717, 1.165) is 36.6 Å². The van der Waals surface area contributed by atoms with Crippen LogP contribution >= 0.6 is 0 Å². The van der Waals surface area contributed by atoms with E-state index in [9.17, 15) is 0 Å². The summed E-state index contributed by atoms with van der Waals surface area (Å²) >= 11 is 0. The summed E-state index contributed by atoms with van der Waals surface area (Å²) in [7, 11) is 7.51. The predicted molar refractivity (Wildman–Crippen MR) is 144 cm³/mol. The highest BCUT2D eigenvalue weighted by Crippen LogP contribution is 2.35. The summed E-state index contributed by atoms with van der Waals surface area (Å²) in [5.41, 5.74) is 10.5. The third-order valence-electron chi connectivity index (χ3n) is 6.10. The molecule has 2 radical (unpaired) electrons. The summed E-state index contributed by atoms with van der Waals surface area (Å²) in [6.07, 6.45) is 7.02. The molecule has 0 aromatic carbocycles. The van der Waals surface area contributed by atoms with E-state index in [1.807, 2.05) is 52.2 Å². The van der Waals surface area contributed by atoms with Crippen molar-refractivity contribution in [3.05, 3.63) is 78.2 Å². The molecule has 7 heteroatoms. The average Bonchev–Trinajstić information content (AvgIpc) is 2.90. The molecule has 2 unspecified atom stereocenters. The summed E-state index contributed by atoms with van der Waals surface area (Å²) in [4.78, 5) is 14.0. The quantitative estimate of drug-likeness (QED) is 0.389. The van der Waals surface area contributed by atoms with E-state index in [0.29, 0.717) is 29.1 Å². The van der Waals surface area contributed by atoms with Gasteiger partial charge >= 0.3 is 0 Å². The van der Waals surface area contributed by atoms with Crippen LogP contribution in [0.3, 0.4) is 0 Å². The molecule has 2 N–H and O–H groups in total. The van der Waals surface area contributed by atoms with Crippen LogP contribution in [0.2, 0.25) is 0 Å². The van der Waals surface area contributed by atoms with Crippen LogP contribution in [0.5, 0.6) is 5.88 Å². The number of aromatic nitrogens is 2. The Balaban J connectivity index is 0.000000970. The highest BCUT2D eigenvalue weighted by molar-refractivity contribution is 6.22. The minimum absolute atomic E-state index is 0.553. The maximum atomic E-state index is 6.13. The van der Waals surface area contributed by atoms with Crippen molar-refractivity contribution >= 4 is 19.2 Å². The van der Waals surface area contributed by atoms with Gasteiger partial charge in [0.15, 0.2) is 0 Å². The predicted octanol–water partition coefficient (Wildman–Crippen LogP) is 4.54. The Labute approximate surface area is 206 Å². The smallest absolute Gasteiger partial charge is 0.212 e. The number of ether oxygens (including phenoxy) is 1. The van der Waals surface area contributed by atoms with Crippen molar-refractivity contribution in [1.29, 1.82) is 0 Å². The van der Waals surface area contributed by atoms with Gasteiger partial charge in [0.1, 0.15) is 13.7 Å². The van der Waals surface area contributed by atoms with Gasteiger partial charge in [-0.25, -0.2) is 9.97 Å². The summed E-state index contributed by atoms with van der Waals surface area (Å²) in [6.45, 7) is 16.7. The Morgan fingerprint density at radius 1 is 1.15 bits per heavy atom. The number of allylic oxidation sites excluding steroid dienone is 3. The molecule has 180 valence electrons. The van der Waals surface area contributed by atoms with Crippen molar-refractivity contribution in [2.75, 3.05) is 25.1 Å². The first kappa shape index (κ1) is 27.2. The van der Waals surface area contributed by atoms with Crippen LogP contribution in [-0.2, 0) is 6.54 Å². The van der Waals surface area contributed by atoms with Gasteiger partial charge in [-0.3, -0.25) is 4.90 Å². The maximum absolute atomic E-state index is 6.13. The zero-order chi connectivity index (χ0) is 25.3. The lowest BCUT2D eigenvalue weighted by Gasteiger charge is -2.56. The number of piperidine rings is 1. The molecular weight excluding hydrogens is 421 g/mol. The normalized spacial score (nSPS) is 20.0. The van der Waals surface area contributed by atoms with Crippen molar-refractivity contribution < 1.29 is 4.74 Å². The highest BCUT2D eigenvalue weighted by Gasteiger charge is 2.44. The minimum atomic E-state index is 0.553. The van der Waals surface area contributed by atoms with Crippen LogP contribution in [0.4, 0.5) is 5.82 Å². The number of pyridine rings is 2. The molecule has 2 bridgehead atoms. The van der Waals surface area contributed by atoms with Gasteiger partial charge < -0.3 is 15.4 Å². The Morgan fingerprint density at radius 2 is 1.82 bits per heavy atom. The van der Waals surface area contributed by atoms with Gasteiger partial charge in [-0.1, -0.05) is 38.4 Å². The monoisotopic (exact) mass is 459 g/mol. The van der Waals surface area contributed by atoms with E-state index in [-0.39, 0.29) is 0 Å². The van der Waals surface area contributed by atoms with E-state index in [2.05, 4.69) is 46.1 Å². The van der Waals surface area contributed by atoms with Gasteiger partial charge in [0.2, 0.25) is 5.88 Å². The standard InChI is InChI=1S/C23H28BN5O.C2H6.C2H4/c1-4-20(23(25)15(2)24)17-6-7-21(26-11-17)28-13-18-9-19(14-28)29(18)12-16-5-8-22(30-3)27-10-16;2*1-2/h4-8,10-11,18-19H,9,12-14,25H2,1-3H3;1-2H3;1-2H2/b20-4-,23-15+;;. The molecule has 2 atom stereocenters. The first-order valence-electron chi connectivity index (χ1n) is 11.8. The second kappa shape index (κ2) is 13.0. The molecule has 2 aromatic rings. The number of methoxy groups -OCH3 is 1. The molecule has 6 nitrogen and oxygen atoms in total. The Hall–Kier alpha value is -3.06. The number of nitrogens with zero attached hydrogens (tertiary/aromatic N) is 4. The fourth-order valence-corrected chi connectivity index (χ4v) is 4.39. The lowest BCUT2D eigenvalue weighted by Crippen LogP contribution is -2.68. The molecule has 0 saturated carbocycles. The molecule has 5 rings (SSSR count). The van der Waals surface area contributed by atoms with Gasteiger partial charge in [0.25, 0.3) is 0 Å². The number of nitrogens with two attached hydrogens (primary N) is 1.